The van der Waals surface area contributed by atoms with E-state index in [1.54, 1.807) is 0 Å². The lowest BCUT2D eigenvalue weighted by Crippen LogP contribution is -2.05. The van der Waals surface area contributed by atoms with Crippen LogP contribution in [0.4, 0.5) is 0 Å². The number of nitrogens with zero attached hydrogens (tertiary/aromatic N) is 2. The third-order valence-corrected chi connectivity index (χ3v) is 1.99. The van der Waals surface area contributed by atoms with E-state index >= 15 is 0 Å². The number of rotatable bonds is 1. The summed E-state index contributed by atoms with van der Waals surface area (Å²) in [5.74, 6) is 0.435. The summed E-state index contributed by atoms with van der Waals surface area (Å²) in [7, 11) is 2.14. The van der Waals surface area contributed by atoms with Crippen LogP contribution in [0.15, 0.2) is 30.5 Å². The fraction of sp³-hybridized carbons (Fsp3) is 0.222. The molecule has 0 radical (unpaired) electrons. The zero-order chi connectivity index (χ0) is 8.55. The molecule has 0 amide bonds. The standard InChI is InChI=1S/C9H11BN2/c1-7(10)12-9-5-3-2-4-8(9)6-11-12/h2-7H,10H2,1H3. The van der Waals surface area contributed by atoms with E-state index < -0.39 is 0 Å². The normalized spacial score (nSPS) is 13.4. The predicted octanol–water partition coefficient (Wildman–Crippen LogP) is 1.19. The number of hydrogen-bond donors (Lipinski definition) is 0. The number of para-hydroxylation sites is 1. The Morgan fingerprint density at radius 2 is 2.17 bits per heavy atom. The van der Waals surface area contributed by atoms with Gasteiger partial charge < -0.3 is 0 Å². The van der Waals surface area contributed by atoms with Gasteiger partial charge in [0.05, 0.1) is 11.7 Å². The van der Waals surface area contributed by atoms with Gasteiger partial charge in [0, 0.05) is 11.3 Å². The van der Waals surface area contributed by atoms with Gasteiger partial charge in [-0.2, -0.15) is 5.10 Å². The molecule has 3 heteroatoms. The van der Waals surface area contributed by atoms with Gasteiger partial charge in [0.2, 0.25) is 0 Å². The summed E-state index contributed by atoms with van der Waals surface area (Å²) in [6.07, 6.45) is 1.91. The lowest BCUT2D eigenvalue weighted by molar-refractivity contribution is 0.655. The monoisotopic (exact) mass is 158 g/mol. The second-order valence-electron chi connectivity index (χ2n) is 3.24. The molecule has 1 unspecified atom stereocenters. The van der Waals surface area contributed by atoms with Gasteiger partial charge in [0.25, 0.3) is 0 Å². The summed E-state index contributed by atoms with van der Waals surface area (Å²) >= 11 is 0. The van der Waals surface area contributed by atoms with Gasteiger partial charge in [-0.25, -0.2) is 0 Å². The third kappa shape index (κ3) is 1.02. The van der Waals surface area contributed by atoms with E-state index in [4.69, 9.17) is 0 Å². The summed E-state index contributed by atoms with van der Waals surface area (Å²) < 4.78 is 2.04. The molecule has 2 rings (SSSR count). The Kier molecular flexibility index (Phi) is 1.64. The van der Waals surface area contributed by atoms with Crippen LogP contribution in [0.2, 0.25) is 0 Å². The zero-order valence-electron chi connectivity index (χ0n) is 7.36. The molecule has 0 spiro atoms. The van der Waals surface area contributed by atoms with Crippen molar-refractivity contribution >= 4 is 18.7 Å². The van der Waals surface area contributed by atoms with Crippen LogP contribution in [0.3, 0.4) is 0 Å². The molecule has 0 bridgehead atoms. The maximum atomic E-state index is 4.31. The molecule has 0 aliphatic rings. The summed E-state index contributed by atoms with van der Waals surface area (Å²) in [6, 6.07) is 8.26. The molecular weight excluding hydrogens is 147 g/mol. The van der Waals surface area contributed by atoms with Crippen molar-refractivity contribution in [2.45, 2.75) is 12.9 Å². The summed E-state index contributed by atoms with van der Waals surface area (Å²) in [4.78, 5) is 0. The Balaban J connectivity index is 2.70. The van der Waals surface area contributed by atoms with Crippen molar-refractivity contribution in [3.63, 3.8) is 0 Å². The van der Waals surface area contributed by atoms with E-state index in [9.17, 15) is 0 Å². The summed E-state index contributed by atoms with van der Waals surface area (Å²) in [5, 5.41) is 5.53. The molecule has 0 N–H and O–H groups in total. The van der Waals surface area contributed by atoms with Crippen LogP contribution in [-0.2, 0) is 0 Å². The lowest BCUT2D eigenvalue weighted by atomic mass is 9.99. The van der Waals surface area contributed by atoms with Crippen LogP contribution in [0.5, 0.6) is 0 Å². The van der Waals surface area contributed by atoms with Crippen molar-refractivity contribution in [2.24, 2.45) is 0 Å². The molecule has 1 aromatic carbocycles. The SMILES string of the molecule is BC(C)n1ncc2ccccc21. The topological polar surface area (TPSA) is 17.8 Å². The average molecular weight is 158 g/mol. The Hall–Kier alpha value is -1.25. The first-order valence-electron chi connectivity index (χ1n) is 4.21. The molecule has 0 fully saturated rings. The summed E-state index contributed by atoms with van der Waals surface area (Å²) in [5.41, 5.74) is 1.22. The van der Waals surface area contributed by atoms with Gasteiger partial charge in [0.15, 0.2) is 0 Å². The van der Waals surface area contributed by atoms with Crippen molar-refractivity contribution in [2.75, 3.05) is 0 Å². The Labute approximate surface area is 72.6 Å². The average Bonchev–Trinajstić information content (AvgIpc) is 2.47. The highest BCUT2D eigenvalue weighted by Gasteiger charge is 2.03. The molecule has 60 valence electrons. The van der Waals surface area contributed by atoms with Gasteiger partial charge in [0.1, 0.15) is 7.85 Å². The maximum Gasteiger partial charge on any atom is 0.133 e. The van der Waals surface area contributed by atoms with Crippen LogP contribution < -0.4 is 0 Å². The fourth-order valence-electron chi connectivity index (χ4n) is 1.40. The first-order chi connectivity index (χ1) is 5.79. The molecule has 0 aliphatic heterocycles. The second-order valence-corrected chi connectivity index (χ2v) is 3.24. The van der Waals surface area contributed by atoms with Crippen molar-refractivity contribution in [1.29, 1.82) is 0 Å². The van der Waals surface area contributed by atoms with Crippen LogP contribution >= 0.6 is 0 Å². The largest absolute Gasteiger partial charge is 0.270 e. The molecule has 0 aliphatic carbocycles. The molecule has 0 saturated heterocycles. The molecule has 2 nitrogen and oxygen atoms in total. The molecule has 2 aromatic rings. The third-order valence-electron chi connectivity index (χ3n) is 1.99. The highest BCUT2D eigenvalue weighted by atomic mass is 15.3. The minimum atomic E-state index is 0.435. The predicted molar refractivity (Wildman–Crippen MR) is 53.0 cm³/mol. The number of fused-ring (bicyclic) bond motifs is 1. The molecule has 12 heavy (non-hydrogen) atoms. The van der Waals surface area contributed by atoms with Crippen molar-refractivity contribution in [3.05, 3.63) is 30.5 Å². The molecule has 1 aromatic heterocycles. The Morgan fingerprint density at radius 1 is 1.42 bits per heavy atom. The fourth-order valence-corrected chi connectivity index (χ4v) is 1.40. The first-order valence-corrected chi connectivity index (χ1v) is 4.21. The van der Waals surface area contributed by atoms with Crippen molar-refractivity contribution < 1.29 is 0 Å². The second kappa shape index (κ2) is 2.66. The highest BCUT2D eigenvalue weighted by molar-refractivity contribution is 6.10. The van der Waals surface area contributed by atoms with E-state index in [0.717, 1.165) is 0 Å². The van der Waals surface area contributed by atoms with Gasteiger partial charge in [-0.3, -0.25) is 4.68 Å². The summed E-state index contributed by atoms with van der Waals surface area (Å²) in [6.45, 7) is 2.14. The minimum Gasteiger partial charge on any atom is -0.270 e. The molecule has 1 heterocycles. The van der Waals surface area contributed by atoms with E-state index in [-0.39, 0.29) is 0 Å². The number of benzene rings is 1. The Bertz CT molecular complexity index is 392. The van der Waals surface area contributed by atoms with Crippen LogP contribution in [0.25, 0.3) is 10.9 Å². The van der Waals surface area contributed by atoms with E-state index in [1.165, 1.54) is 10.9 Å². The van der Waals surface area contributed by atoms with E-state index in [1.807, 2.05) is 23.0 Å². The molecular formula is C9H11BN2. The van der Waals surface area contributed by atoms with E-state index in [0.29, 0.717) is 5.94 Å². The van der Waals surface area contributed by atoms with Crippen LogP contribution in [0, 0.1) is 0 Å². The smallest absolute Gasteiger partial charge is 0.133 e. The number of hydrogen-bond acceptors (Lipinski definition) is 1. The highest BCUT2D eigenvalue weighted by Crippen LogP contribution is 2.15. The quantitative estimate of drug-likeness (QED) is 0.570. The van der Waals surface area contributed by atoms with Gasteiger partial charge in [-0.05, 0) is 6.07 Å². The van der Waals surface area contributed by atoms with Gasteiger partial charge in [-0.15, -0.1) is 0 Å². The lowest BCUT2D eigenvalue weighted by Gasteiger charge is -2.05. The Morgan fingerprint density at radius 3 is 2.92 bits per heavy atom. The minimum absolute atomic E-state index is 0.435. The van der Waals surface area contributed by atoms with Gasteiger partial charge >= 0.3 is 0 Å². The van der Waals surface area contributed by atoms with Crippen LogP contribution in [0.1, 0.15) is 12.9 Å². The molecule has 0 saturated carbocycles. The van der Waals surface area contributed by atoms with Crippen molar-refractivity contribution in [3.8, 4) is 0 Å². The zero-order valence-corrected chi connectivity index (χ0v) is 7.36. The maximum absolute atomic E-state index is 4.31. The van der Waals surface area contributed by atoms with Gasteiger partial charge in [-0.1, -0.05) is 25.1 Å². The number of aromatic nitrogens is 2. The van der Waals surface area contributed by atoms with E-state index in [2.05, 4.69) is 32.0 Å². The molecule has 1 atom stereocenters. The van der Waals surface area contributed by atoms with Crippen LogP contribution in [-0.4, -0.2) is 17.6 Å². The van der Waals surface area contributed by atoms with Crippen molar-refractivity contribution in [1.82, 2.24) is 9.78 Å². The first kappa shape index (κ1) is 7.41.